The van der Waals surface area contributed by atoms with E-state index in [9.17, 15) is 14.4 Å². The number of hydrogen-bond donors (Lipinski definition) is 0. The van der Waals surface area contributed by atoms with Crippen LogP contribution in [0.2, 0.25) is 0 Å². The summed E-state index contributed by atoms with van der Waals surface area (Å²) in [6, 6.07) is 31.6. The number of hydrazine groups is 1. The molecule has 3 aliphatic heterocycles. The Balaban J connectivity index is 1.29. The van der Waals surface area contributed by atoms with Gasteiger partial charge >= 0.3 is 0 Å². The number of fused-ring (bicyclic) bond motifs is 4. The lowest BCUT2D eigenvalue weighted by atomic mass is 10.1. The van der Waals surface area contributed by atoms with Crippen molar-refractivity contribution in [2.24, 2.45) is 9.98 Å². The standard InChI is InChI=1S/C35H28N6O4/c1-38(2)25-18-16-23(17-19-25)22-30-33(42)37-32-28-14-8-9-15-29(28)36-31(24-10-4-3-5-11-24)40(32)39(30)20-21-45-41-34(43)26-12-6-7-13-27(26)35(41)44/h3-19,22H,20-21H2,1-2H3/b30-22+. The van der Waals surface area contributed by atoms with Crippen LogP contribution in [0.1, 0.15) is 37.4 Å². The van der Waals surface area contributed by atoms with Gasteiger partial charge in [0.2, 0.25) is 0 Å². The molecule has 0 atom stereocenters. The van der Waals surface area contributed by atoms with Crippen molar-refractivity contribution in [3.05, 3.63) is 137 Å². The van der Waals surface area contributed by atoms with E-state index in [0.717, 1.165) is 21.9 Å². The van der Waals surface area contributed by atoms with Crippen LogP contribution in [0.3, 0.4) is 0 Å². The van der Waals surface area contributed by atoms with Crippen molar-refractivity contribution in [1.29, 1.82) is 0 Å². The number of hydroxylamine groups is 2. The van der Waals surface area contributed by atoms with E-state index in [1.165, 1.54) is 0 Å². The van der Waals surface area contributed by atoms with Crippen LogP contribution in [0.5, 0.6) is 0 Å². The summed E-state index contributed by atoms with van der Waals surface area (Å²) in [6.07, 6.45) is 1.77. The van der Waals surface area contributed by atoms with Crippen LogP contribution < -0.4 is 4.90 Å². The van der Waals surface area contributed by atoms with E-state index in [4.69, 9.17) is 9.83 Å². The van der Waals surface area contributed by atoms with Gasteiger partial charge in [0.1, 0.15) is 5.70 Å². The van der Waals surface area contributed by atoms with Crippen molar-refractivity contribution < 1.29 is 19.2 Å². The van der Waals surface area contributed by atoms with E-state index in [1.807, 2.05) is 103 Å². The lowest BCUT2D eigenvalue weighted by molar-refractivity contribution is -0.120. The fraction of sp³-hybridized carbons (Fsp3) is 0.114. The molecule has 0 radical (unpaired) electrons. The van der Waals surface area contributed by atoms with Crippen LogP contribution >= 0.6 is 0 Å². The molecule has 0 unspecified atom stereocenters. The highest BCUT2D eigenvalue weighted by atomic mass is 16.7. The number of benzene rings is 4. The number of rotatable bonds is 7. The molecule has 10 nitrogen and oxygen atoms in total. The molecule has 4 aromatic rings. The average Bonchev–Trinajstić information content (AvgIpc) is 3.31. The first-order valence-corrected chi connectivity index (χ1v) is 14.4. The molecule has 0 spiro atoms. The molecule has 222 valence electrons. The van der Waals surface area contributed by atoms with Gasteiger partial charge in [-0.25, -0.2) is 10.0 Å². The Morgan fingerprint density at radius 3 is 2.00 bits per heavy atom. The molecule has 10 heteroatoms. The van der Waals surface area contributed by atoms with E-state index in [0.29, 0.717) is 22.9 Å². The van der Waals surface area contributed by atoms with Crippen molar-refractivity contribution in [3.8, 4) is 0 Å². The van der Waals surface area contributed by atoms with Gasteiger partial charge in [-0.15, -0.1) is 5.06 Å². The Bertz CT molecular complexity index is 1900. The number of anilines is 1. The third-order valence-electron chi connectivity index (χ3n) is 7.74. The van der Waals surface area contributed by atoms with Crippen LogP contribution in [0.15, 0.2) is 119 Å². The van der Waals surface area contributed by atoms with E-state index in [1.54, 1.807) is 35.4 Å². The van der Waals surface area contributed by atoms with Gasteiger partial charge in [0.05, 0.1) is 30.0 Å². The smallest absolute Gasteiger partial charge is 0.297 e. The summed E-state index contributed by atoms with van der Waals surface area (Å²) in [4.78, 5) is 57.2. The predicted molar refractivity (Wildman–Crippen MR) is 171 cm³/mol. The molecule has 0 aliphatic carbocycles. The second-order valence-electron chi connectivity index (χ2n) is 10.8. The topological polar surface area (TPSA) is 98.1 Å². The van der Waals surface area contributed by atoms with E-state index in [-0.39, 0.29) is 30.0 Å². The molecule has 0 bridgehead atoms. The van der Waals surface area contributed by atoms with Gasteiger partial charge in [-0.05, 0) is 48.0 Å². The average molecular weight is 597 g/mol. The number of imide groups is 1. The Kier molecular flexibility index (Phi) is 7.03. The molecule has 0 N–H and O–H groups in total. The van der Waals surface area contributed by atoms with Crippen LogP contribution in [0.25, 0.3) is 6.08 Å². The van der Waals surface area contributed by atoms with Gasteiger partial charge in [0, 0.05) is 30.9 Å². The zero-order valence-corrected chi connectivity index (χ0v) is 24.6. The Morgan fingerprint density at radius 2 is 1.33 bits per heavy atom. The van der Waals surface area contributed by atoms with Crippen LogP contribution in [-0.2, 0) is 9.63 Å². The SMILES string of the molecule is CN(C)c1ccc(/C=C2\C(=O)N=C3c4ccccc4N=C(c4ccccc4)N3N2CCON2C(=O)c3ccccc3C2=O)cc1. The summed E-state index contributed by atoms with van der Waals surface area (Å²) in [5.41, 5.74) is 4.88. The number of aliphatic imine (C=N–C) groups is 2. The summed E-state index contributed by atoms with van der Waals surface area (Å²) < 4.78 is 0. The zero-order valence-electron chi connectivity index (χ0n) is 24.6. The summed E-state index contributed by atoms with van der Waals surface area (Å²) in [5.74, 6) is -0.506. The van der Waals surface area contributed by atoms with Crippen molar-refractivity contribution in [1.82, 2.24) is 15.1 Å². The van der Waals surface area contributed by atoms with Gasteiger partial charge < -0.3 is 4.90 Å². The Morgan fingerprint density at radius 1 is 0.711 bits per heavy atom. The first kappa shape index (κ1) is 27.9. The highest BCUT2D eigenvalue weighted by Gasteiger charge is 2.40. The maximum atomic E-state index is 13.8. The number of carbonyl (C=O) groups is 3. The van der Waals surface area contributed by atoms with Crippen molar-refractivity contribution in [2.45, 2.75) is 0 Å². The summed E-state index contributed by atoms with van der Waals surface area (Å²) in [7, 11) is 3.92. The molecule has 0 saturated heterocycles. The number of hydrogen-bond acceptors (Lipinski definition) is 8. The molecule has 3 heterocycles. The summed E-state index contributed by atoms with van der Waals surface area (Å²) in [5, 5.41) is 4.35. The van der Waals surface area contributed by atoms with Crippen molar-refractivity contribution in [2.75, 3.05) is 32.1 Å². The molecular formula is C35H28N6O4. The predicted octanol–water partition coefficient (Wildman–Crippen LogP) is 4.92. The quantitative estimate of drug-likeness (QED) is 0.221. The zero-order chi connectivity index (χ0) is 31.1. The number of amides is 3. The lowest BCUT2D eigenvalue weighted by Gasteiger charge is -2.43. The van der Waals surface area contributed by atoms with Gasteiger partial charge in [-0.1, -0.05) is 66.7 Å². The number of para-hydroxylation sites is 1. The first-order valence-electron chi connectivity index (χ1n) is 14.4. The monoisotopic (exact) mass is 596 g/mol. The minimum Gasteiger partial charge on any atom is -0.378 e. The molecule has 0 aromatic heterocycles. The molecule has 3 aliphatic rings. The van der Waals surface area contributed by atoms with Crippen molar-refractivity contribution in [3.63, 3.8) is 0 Å². The van der Waals surface area contributed by atoms with E-state index < -0.39 is 17.7 Å². The fourth-order valence-corrected chi connectivity index (χ4v) is 5.50. The molecule has 3 amide bonds. The molecule has 0 saturated carbocycles. The highest BCUT2D eigenvalue weighted by molar-refractivity contribution is 6.24. The van der Waals surface area contributed by atoms with Crippen LogP contribution in [-0.4, -0.2) is 71.7 Å². The van der Waals surface area contributed by atoms with Gasteiger partial charge in [-0.2, -0.15) is 4.99 Å². The third-order valence-corrected chi connectivity index (χ3v) is 7.74. The number of nitrogens with zero attached hydrogens (tertiary/aromatic N) is 6. The minimum atomic E-state index is -0.525. The largest absolute Gasteiger partial charge is 0.378 e. The first-order chi connectivity index (χ1) is 21.9. The number of amidine groups is 2. The van der Waals surface area contributed by atoms with Crippen molar-refractivity contribution >= 4 is 46.8 Å². The second-order valence-corrected chi connectivity index (χ2v) is 10.8. The summed E-state index contributed by atoms with van der Waals surface area (Å²) >= 11 is 0. The molecular weight excluding hydrogens is 568 g/mol. The molecule has 7 rings (SSSR count). The maximum absolute atomic E-state index is 13.8. The van der Waals surface area contributed by atoms with E-state index in [2.05, 4.69) is 4.99 Å². The second kappa shape index (κ2) is 11.3. The highest BCUT2D eigenvalue weighted by Crippen LogP contribution is 2.34. The number of carbonyl (C=O) groups excluding carboxylic acids is 3. The maximum Gasteiger partial charge on any atom is 0.297 e. The summed E-state index contributed by atoms with van der Waals surface area (Å²) in [6.45, 7) is -0.00302. The third kappa shape index (κ3) is 4.96. The fourth-order valence-electron chi connectivity index (χ4n) is 5.50. The normalized spacial score (nSPS) is 16.4. The van der Waals surface area contributed by atoms with Gasteiger partial charge in [0.25, 0.3) is 17.7 Å². The van der Waals surface area contributed by atoms with E-state index >= 15 is 0 Å². The molecule has 0 fully saturated rings. The van der Waals surface area contributed by atoms with Crippen LogP contribution in [0.4, 0.5) is 11.4 Å². The van der Waals surface area contributed by atoms with Gasteiger partial charge in [0.15, 0.2) is 11.7 Å². The van der Waals surface area contributed by atoms with Crippen LogP contribution in [0, 0.1) is 0 Å². The lowest BCUT2D eigenvalue weighted by Crippen LogP contribution is -2.56. The minimum absolute atomic E-state index is 0.0911. The van der Waals surface area contributed by atoms with Gasteiger partial charge in [-0.3, -0.25) is 24.2 Å². The molecule has 45 heavy (non-hydrogen) atoms. The Labute approximate surface area is 259 Å². The Hall–Kier alpha value is -5.87. The molecule has 4 aromatic carbocycles.